The average molecular weight is 396 g/mol. The number of hydrogen-bond acceptors (Lipinski definition) is 5. The summed E-state index contributed by atoms with van der Waals surface area (Å²) in [6.07, 6.45) is 0. The number of benzene rings is 2. The first-order valence-corrected chi connectivity index (χ1v) is 9.67. The maximum Gasteiger partial charge on any atom is 0.321 e. The van der Waals surface area contributed by atoms with E-state index in [1.807, 2.05) is 18.2 Å². The lowest BCUT2D eigenvalue weighted by atomic mass is 10.2. The predicted molar refractivity (Wildman–Crippen MR) is 111 cm³/mol. The van der Waals surface area contributed by atoms with Crippen molar-refractivity contribution in [3.8, 4) is 11.5 Å². The highest BCUT2D eigenvalue weighted by molar-refractivity contribution is 5.91. The number of hydrogen-bond donors (Lipinski definition) is 2. The molecule has 152 valence electrons. The Morgan fingerprint density at radius 1 is 0.828 bits per heavy atom. The number of ether oxygens (including phenoxy) is 2. The largest absolute Gasteiger partial charge is 0.486 e. The van der Waals surface area contributed by atoms with E-state index in [0.29, 0.717) is 37.7 Å². The second kappa shape index (κ2) is 8.30. The van der Waals surface area contributed by atoms with Crippen LogP contribution in [0.15, 0.2) is 42.5 Å². The van der Waals surface area contributed by atoms with E-state index in [9.17, 15) is 9.59 Å². The fraction of sp³-hybridized carbons (Fsp3) is 0.333. The molecule has 2 heterocycles. The van der Waals surface area contributed by atoms with Crippen molar-refractivity contribution in [1.29, 1.82) is 0 Å². The van der Waals surface area contributed by atoms with Gasteiger partial charge in [-0.3, -0.25) is 4.79 Å². The molecule has 2 aliphatic rings. The quantitative estimate of drug-likeness (QED) is 0.834. The number of carbonyl (C=O) groups is 2. The molecule has 1 fully saturated rings. The third kappa shape index (κ3) is 4.53. The molecule has 3 amide bonds. The third-order valence-corrected chi connectivity index (χ3v) is 4.91. The fourth-order valence-corrected chi connectivity index (χ4v) is 3.44. The van der Waals surface area contributed by atoms with Gasteiger partial charge in [0.25, 0.3) is 0 Å². The van der Waals surface area contributed by atoms with Crippen molar-refractivity contribution in [3.63, 3.8) is 0 Å². The summed E-state index contributed by atoms with van der Waals surface area (Å²) in [7, 11) is 0. The van der Waals surface area contributed by atoms with Crippen LogP contribution in [0, 0.1) is 0 Å². The Balaban J connectivity index is 1.31. The smallest absolute Gasteiger partial charge is 0.321 e. The molecule has 4 rings (SSSR count). The molecule has 0 aliphatic carbocycles. The minimum atomic E-state index is -0.127. The summed E-state index contributed by atoms with van der Waals surface area (Å²) in [6.45, 7) is 5.35. The molecule has 0 bridgehead atoms. The topological polar surface area (TPSA) is 83.1 Å². The van der Waals surface area contributed by atoms with Crippen LogP contribution in [0.4, 0.5) is 21.9 Å². The molecule has 2 aromatic rings. The van der Waals surface area contributed by atoms with E-state index < -0.39 is 0 Å². The standard InChI is InChI=1S/C21H24N4O4/c1-15(26)22-16-2-4-17(5-3-16)23-21(27)25-10-8-24(9-11-25)18-6-7-19-20(14-18)29-13-12-28-19/h2-7,14H,8-13H2,1H3,(H,22,26)(H,23,27). The molecule has 2 N–H and O–H groups in total. The zero-order chi connectivity index (χ0) is 20.2. The number of rotatable bonds is 3. The van der Waals surface area contributed by atoms with Crippen LogP contribution >= 0.6 is 0 Å². The summed E-state index contributed by atoms with van der Waals surface area (Å²) in [5.41, 5.74) is 2.46. The van der Waals surface area contributed by atoms with Gasteiger partial charge in [-0.25, -0.2) is 4.79 Å². The Hall–Kier alpha value is -3.42. The molecule has 8 heteroatoms. The van der Waals surface area contributed by atoms with Crippen molar-refractivity contribution in [2.45, 2.75) is 6.92 Å². The van der Waals surface area contributed by atoms with Gasteiger partial charge in [0, 0.05) is 56.2 Å². The van der Waals surface area contributed by atoms with E-state index in [1.165, 1.54) is 6.92 Å². The number of nitrogens with zero attached hydrogens (tertiary/aromatic N) is 2. The molecule has 0 radical (unpaired) electrons. The Labute approximate surface area is 169 Å². The Bertz CT molecular complexity index is 892. The molecular formula is C21H24N4O4. The lowest BCUT2D eigenvalue weighted by molar-refractivity contribution is -0.114. The fourth-order valence-electron chi connectivity index (χ4n) is 3.44. The number of anilines is 3. The normalized spacial score (nSPS) is 15.6. The molecule has 0 unspecified atom stereocenters. The Kier molecular flexibility index (Phi) is 5.41. The summed E-state index contributed by atoms with van der Waals surface area (Å²) in [5.74, 6) is 1.43. The molecule has 0 spiro atoms. The van der Waals surface area contributed by atoms with Gasteiger partial charge < -0.3 is 29.9 Å². The first-order chi connectivity index (χ1) is 14.1. The molecule has 0 saturated carbocycles. The van der Waals surface area contributed by atoms with Gasteiger partial charge in [0.1, 0.15) is 13.2 Å². The van der Waals surface area contributed by atoms with Crippen LogP contribution in [0.25, 0.3) is 0 Å². The van der Waals surface area contributed by atoms with Gasteiger partial charge in [0.15, 0.2) is 11.5 Å². The Morgan fingerprint density at radius 2 is 1.45 bits per heavy atom. The molecule has 0 aromatic heterocycles. The van der Waals surface area contributed by atoms with Crippen molar-refractivity contribution in [2.24, 2.45) is 0 Å². The van der Waals surface area contributed by atoms with Gasteiger partial charge >= 0.3 is 6.03 Å². The van der Waals surface area contributed by atoms with Crippen LogP contribution in [0.3, 0.4) is 0 Å². The molecule has 29 heavy (non-hydrogen) atoms. The van der Waals surface area contributed by atoms with E-state index >= 15 is 0 Å². The highest BCUT2D eigenvalue weighted by atomic mass is 16.6. The van der Waals surface area contributed by atoms with Gasteiger partial charge in [0.05, 0.1) is 0 Å². The van der Waals surface area contributed by atoms with Gasteiger partial charge in [-0.2, -0.15) is 0 Å². The van der Waals surface area contributed by atoms with E-state index in [-0.39, 0.29) is 11.9 Å². The number of nitrogens with one attached hydrogen (secondary N) is 2. The molecule has 2 aromatic carbocycles. The van der Waals surface area contributed by atoms with Crippen LogP contribution in [0.5, 0.6) is 11.5 Å². The second-order valence-corrected chi connectivity index (χ2v) is 6.99. The summed E-state index contributed by atoms with van der Waals surface area (Å²) in [5, 5.41) is 5.61. The van der Waals surface area contributed by atoms with Crippen LogP contribution in [0.2, 0.25) is 0 Å². The monoisotopic (exact) mass is 396 g/mol. The predicted octanol–water partition coefficient (Wildman–Crippen LogP) is 2.77. The summed E-state index contributed by atoms with van der Waals surface area (Å²) in [4.78, 5) is 27.7. The van der Waals surface area contributed by atoms with E-state index in [4.69, 9.17) is 9.47 Å². The number of urea groups is 1. The first kappa shape index (κ1) is 18.9. The van der Waals surface area contributed by atoms with E-state index in [2.05, 4.69) is 15.5 Å². The average Bonchev–Trinajstić information content (AvgIpc) is 2.74. The summed E-state index contributed by atoms with van der Waals surface area (Å²) < 4.78 is 11.2. The second-order valence-electron chi connectivity index (χ2n) is 6.99. The highest BCUT2D eigenvalue weighted by Gasteiger charge is 2.22. The number of piperazine rings is 1. The lowest BCUT2D eigenvalue weighted by Gasteiger charge is -2.36. The number of amides is 3. The molecule has 8 nitrogen and oxygen atoms in total. The van der Waals surface area contributed by atoms with Gasteiger partial charge in [-0.1, -0.05) is 0 Å². The molecule has 1 saturated heterocycles. The molecular weight excluding hydrogens is 372 g/mol. The van der Waals surface area contributed by atoms with Crippen molar-refractivity contribution in [3.05, 3.63) is 42.5 Å². The highest BCUT2D eigenvalue weighted by Crippen LogP contribution is 2.34. The van der Waals surface area contributed by atoms with Crippen molar-refractivity contribution < 1.29 is 19.1 Å². The van der Waals surface area contributed by atoms with Crippen LogP contribution < -0.4 is 25.0 Å². The van der Waals surface area contributed by atoms with Crippen LogP contribution in [-0.4, -0.2) is 56.2 Å². The molecule has 2 aliphatic heterocycles. The molecule has 0 atom stereocenters. The van der Waals surface area contributed by atoms with Gasteiger partial charge in [-0.15, -0.1) is 0 Å². The summed E-state index contributed by atoms with van der Waals surface area (Å²) in [6, 6.07) is 12.9. The zero-order valence-corrected chi connectivity index (χ0v) is 16.3. The van der Waals surface area contributed by atoms with E-state index in [1.54, 1.807) is 29.2 Å². The van der Waals surface area contributed by atoms with Gasteiger partial charge in [0.2, 0.25) is 5.91 Å². The number of carbonyl (C=O) groups excluding carboxylic acids is 2. The Morgan fingerprint density at radius 3 is 2.10 bits per heavy atom. The SMILES string of the molecule is CC(=O)Nc1ccc(NC(=O)N2CCN(c3ccc4c(c3)OCCO4)CC2)cc1. The van der Waals surface area contributed by atoms with E-state index in [0.717, 1.165) is 30.3 Å². The number of fused-ring (bicyclic) bond motifs is 1. The first-order valence-electron chi connectivity index (χ1n) is 9.67. The maximum atomic E-state index is 12.6. The third-order valence-electron chi connectivity index (χ3n) is 4.91. The van der Waals surface area contributed by atoms with Crippen molar-refractivity contribution in [2.75, 3.05) is 54.9 Å². The van der Waals surface area contributed by atoms with Crippen LogP contribution in [-0.2, 0) is 4.79 Å². The summed E-state index contributed by atoms with van der Waals surface area (Å²) >= 11 is 0. The minimum Gasteiger partial charge on any atom is -0.486 e. The minimum absolute atomic E-state index is 0.126. The van der Waals surface area contributed by atoms with Gasteiger partial charge in [-0.05, 0) is 36.4 Å². The van der Waals surface area contributed by atoms with Crippen molar-refractivity contribution in [1.82, 2.24) is 4.90 Å². The lowest BCUT2D eigenvalue weighted by Crippen LogP contribution is -2.50. The van der Waals surface area contributed by atoms with Crippen molar-refractivity contribution >= 4 is 29.0 Å². The van der Waals surface area contributed by atoms with Crippen LogP contribution in [0.1, 0.15) is 6.92 Å². The maximum absolute atomic E-state index is 12.6. The zero-order valence-electron chi connectivity index (χ0n) is 16.3.